The maximum Gasteiger partial charge on any atom is 3.00 e. The summed E-state index contributed by atoms with van der Waals surface area (Å²) in [6.45, 7) is 0. The second-order valence-electron chi connectivity index (χ2n) is 0.500. The molecule has 11 heavy (non-hydrogen) atoms. The van der Waals surface area contributed by atoms with Gasteiger partial charge in [0.15, 0.2) is 0 Å². The van der Waals surface area contributed by atoms with Crippen LogP contribution in [-0.4, -0.2) is 17.8 Å². The molecular weight excluding hydrogens is 211 g/mol. The van der Waals surface area contributed by atoms with E-state index in [-0.39, 0.29) is 52.4 Å². The van der Waals surface area contributed by atoms with Gasteiger partial charge >= 0.3 is 46.9 Å². The van der Waals surface area contributed by atoms with Crippen molar-refractivity contribution in [3.63, 3.8) is 0 Å². The number of carbonyl (C=O) groups excluding carboxylic acids is 2. The normalized spacial score (nSPS) is 4.36. The summed E-state index contributed by atoms with van der Waals surface area (Å²) < 4.78 is 0. The van der Waals surface area contributed by atoms with Crippen molar-refractivity contribution in [3.8, 4) is 0 Å². The maximum atomic E-state index is 8.33. The van der Waals surface area contributed by atoms with Crippen LogP contribution >= 0.6 is 0 Å². The molecule has 0 saturated carbocycles. The van der Waals surface area contributed by atoms with Gasteiger partial charge in [-0.05, 0) is 12.3 Å². The molecule has 0 aliphatic rings. The first-order valence-electron chi connectivity index (χ1n) is 1.22. The van der Waals surface area contributed by atoms with Gasteiger partial charge in [0.2, 0.25) is 0 Å². The first-order valence-corrected chi connectivity index (χ1v) is 1.22. The van der Waals surface area contributed by atoms with E-state index in [1.54, 1.807) is 0 Å². The van der Waals surface area contributed by atoms with Gasteiger partial charge in [-0.2, -0.15) is 0 Å². The fourth-order valence-corrected chi connectivity index (χ4v) is 0. The summed E-state index contributed by atoms with van der Waals surface area (Å²) in [4.78, 5) is 16.7. The van der Waals surface area contributed by atoms with Crippen LogP contribution in [-0.2, 0) is 17.4 Å². The molecule has 0 rings (SSSR count). The van der Waals surface area contributed by atoms with Crippen LogP contribution < -0.4 is 50.0 Å². The Bertz CT molecular complexity index is 74.4. The summed E-state index contributed by atoms with van der Waals surface area (Å²) in [5.74, 6) is 0. The smallest absolute Gasteiger partial charge is 0.652 e. The zero-order valence-electron chi connectivity index (χ0n) is 5.36. The molecule has 0 amide bonds. The molecule has 0 aromatic carbocycles. The molecule has 9 heteroatoms. The number of carbonyl (C=O) groups is 2. The number of hydrogen-bond donors (Lipinski definition) is 0. The summed E-state index contributed by atoms with van der Waals surface area (Å²) >= 11 is 0. The Hall–Kier alpha value is 0.0325. The summed E-state index contributed by atoms with van der Waals surface area (Å²) in [5.41, 5.74) is 0. The third kappa shape index (κ3) is 614000. The van der Waals surface area contributed by atoms with Crippen molar-refractivity contribution in [2.75, 3.05) is 0 Å². The summed E-state index contributed by atoms with van der Waals surface area (Å²) in [5, 5.41) is 33.3. The van der Waals surface area contributed by atoms with Crippen molar-refractivity contribution < 1.29 is 82.4 Å². The van der Waals surface area contributed by atoms with Gasteiger partial charge in [0.1, 0.15) is 0 Å². The summed E-state index contributed by atoms with van der Waals surface area (Å²) in [6.07, 6.45) is -4.67. The van der Waals surface area contributed by atoms with Crippen molar-refractivity contribution in [1.29, 1.82) is 0 Å². The van der Waals surface area contributed by atoms with Crippen LogP contribution in [0.3, 0.4) is 0 Å². The standard InChI is InChI=1S/2CH2O3.Cr.Na.H2O/c2*2-1(3)4;;;/h2*(H2,2,3,4);;;1H2/q;;+3;+1;/p-4. The van der Waals surface area contributed by atoms with Crippen molar-refractivity contribution in [3.05, 3.63) is 0 Å². The molecule has 0 bridgehead atoms. The van der Waals surface area contributed by atoms with Gasteiger partial charge in [-0.15, -0.1) is 0 Å². The van der Waals surface area contributed by atoms with Gasteiger partial charge in [-0.1, -0.05) is 0 Å². The molecule has 0 aliphatic heterocycles. The molecule has 7 nitrogen and oxygen atoms in total. The molecule has 2 N–H and O–H groups in total. The SMILES string of the molecule is O.O=C([O-])[O-].O=C([O-])[O-].[Cr+3].[Na+]. The second kappa shape index (κ2) is 22.5. The molecule has 0 aromatic rings. The number of hydrogen-bond acceptors (Lipinski definition) is 6. The van der Waals surface area contributed by atoms with Crippen LogP contribution in [0.5, 0.6) is 0 Å². The predicted molar refractivity (Wildman–Crippen MR) is 14.4 cm³/mol. The van der Waals surface area contributed by atoms with Crippen molar-refractivity contribution >= 4 is 12.3 Å². The van der Waals surface area contributed by atoms with E-state index in [1.165, 1.54) is 0 Å². The molecular formula is C2H2CrNaO7. The van der Waals surface area contributed by atoms with Crippen LogP contribution in [0.4, 0.5) is 9.59 Å². The molecule has 0 fully saturated rings. The van der Waals surface area contributed by atoms with Crippen molar-refractivity contribution in [2.45, 2.75) is 0 Å². The Labute approximate surface area is 94.4 Å². The molecule has 0 spiro atoms. The minimum Gasteiger partial charge on any atom is -0.652 e. The monoisotopic (exact) mass is 213 g/mol. The van der Waals surface area contributed by atoms with E-state index < -0.39 is 12.3 Å². The van der Waals surface area contributed by atoms with Gasteiger partial charge in [0.05, 0.1) is 0 Å². The van der Waals surface area contributed by atoms with Crippen molar-refractivity contribution in [2.24, 2.45) is 0 Å². The van der Waals surface area contributed by atoms with Gasteiger partial charge in [-0.25, -0.2) is 0 Å². The summed E-state index contributed by atoms with van der Waals surface area (Å²) in [6, 6.07) is 0. The Morgan fingerprint density at radius 1 is 0.818 bits per heavy atom. The fraction of sp³-hybridized carbons (Fsp3) is 0. The zero-order chi connectivity index (χ0) is 7.15. The van der Waals surface area contributed by atoms with Crippen molar-refractivity contribution in [1.82, 2.24) is 0 Å². The van der Waals surface area contributed by atoms with Gasteiger partial charge in [-0.3, -0.25) is 0 Å². The van der Waals surface area contributed by atoms with Gasteiger partial charge in [0, 0.05) is 0 Å². The maximum absolute atomic E-state index is 8.33. The Balaban J connectivity index is -0.0000000171. The van der Waals surface area contributed by atoms with Crippen LogP contribution in [0.15, 0.2) is 0 Å². The topological polar surface area (TPSA) is 158 Å². The second-order valence-corrected chi connectivity index (χ2v) is 0.500. The zero-order valence-corrected chi connectivity index (χ0v) is 8.63. The Kier molecular flexibility index (Phi) is 62.4. The van der Waals surface area contributed by atoms with Crippen LogP contribution in [0.25, 0.3) is 0 Å². The molecule has 0 aliphatic carbocycles. The molecule has 0 unspecified atom stereocenters. The third-order valence-corrected chi connectivity index (χ3v) is 0. The first-order chi connectivity index (χ1) is 3.46. The largest absolute Gasteiger partial charge is 3.00 e. The van der Waals surface area contributed by atoms with E-state index >= 15 is 0 Å². The fourth-order valence-electron chi connectivity index (χ4n) is 0. The van der Waals surface area contributed by atoms with E-state index in [0.717, 1.165) is 0 Å². The van der Waals surface area contributed by atoms with Crippen LogP contribution in [0.2, 0.25) is 0 Å². The Morgan fingerprint density at radius 2 is 0.818 bits per heavy atom. The van der Waals surface area contributed by atoms with E-state index in [9.17, 15) is 0 Å². The van der Waals surface area contributed by atoms with Crippen LogP contribution in [0.1, 0.15) is 0 Å². The first kappa shape index (κ1) is 30.5. The number of carboxylic acid groups (broad SMARTS) is 4. The molecule has 1 radical (unpaired) electrons. The Morgan fingerprint density at radius 3 is 0.818 bits per heavy atom. The predicted octanol–water partition coefficient (Wildman–Crippen LogP) is -8.72. The molecule has 0 aromatic heterocycles. The molecule has 59 valence electrons. The molecule has 0 atom stereocenters. The average Bonchev–Trinajstić information content (AvgIpc) is 1.25. The van der Waals surface area contributed by atoms with Gasteiger partial charge < -0.3 is 35.5 Å². The minimum absolute atomic E-state index is 0. The average molecular weight is 213 g/mol. The quantitative estimate of drug-likeness (QED) is 0.363. The van der Waals surface area contributed by atoms with Crippen LogP contribution in [0, 0.1) is 0 Å². The van der Waals surface area contributed by atoms with E-state index in [0.29, 0.717) is 0 Å². The van der Waals surface area contributed by atoms with Gasteiger partial charge in [0.25, 0.3) is 0 Å². The number of rotatable bonds is 0. The molecule has 0 saturated heterocycles. The van der Waals surface area contributed by atoms with E-state index in [4.69, 9.17) is 30.0 Å². The third-order valence-electron chi connectivity index (χ3n) is 0. The summed E-state index contributed by atoms with van der Waals surface area (Å²) in [7, 11) is 0. The van der Waals surface area contributed by atoms with E-state index in [1.807, 2.05) is 0 Å². The molecule has 0 heterocycles. The van der Waals surface area contributed by atoms with E-state index in [2.05, 4.69) is 0 Å². The minimum atomic E-state index is -2.33.